The molecule has 7 heteroatoms. The van der Waals surface area contributed by atoms with Crippen LogP contribution >= 0.6 is 0 Å². The van der Waals surface area contributed by atoms with Crippen molar-refractivity contribution in [1.82, 2.24) is 10.2 Å². The molecule has 1 aliphatic heterocycles. The lowest BCUT2D eigenvalue weighted by Gasteiger charge is -2.34. The number of nitrogens with zero attached hydrogens (tertiary/aromatic N) is 1. The fourth-order valence-electron chi connectivity index (χ4n) is 3.95. The number of hydrogen-bond acceptors (Lipinski definition) is 3. The van der Waals surface area contributed by atoms with Gasteiger partial charge in [-0.3, -0.25) is 15.1 Å². The van der Waals surface area contributed by atoms with E-state index in [-0.39, 0.29) is 18.5 Å². The van der Waals surface area contributed by atoms with Crippen molar-refractivity contribution in [2.75, 3.05) is 13.7 Å². The zero-order valence-electron chi connectivity index (χ0n) is 14.4. The van der Waals surface area contributed by atoms with Gasteiger partial charge in [0.05, 0.1) is 6.61 Å². The number of amides is 1. The zero-order valence-corrected chi connectivity index (χ0v) is 14.4. The third kappa shape index (κ3) is 3.61. The Morgan fingerprint density at radius 1 is 1.40 bits per heavy atom. The maximum absolute atomic E-state index is 14.0. The Morgan fingerprint density at radius 3 is 2.76 bits per heavy atom. The van der Waals surface area contributed by atoms with Crippen LogP contribution in [0.15, 0.2) is 24.1 Å². The Bertz CT molecular complexity index is 601. The van der Waals surface area contributed by atoms with Gasteiger partial charge >= 0.3 is 0 Å². The highest BCUT2D eigenvalue weighted by Gasteiger charge is 2.50. The number of allylic oxidation sites excluding steroid dienone is 2. The first kappa shape index (κ1) is 18.0. The van der Waals surface area contributed by atoms with Gasteiger partial charge in [-0.05, 0) is 18.4 Å². The first-order valence-corrected chi connectivity index (χ1v) is 8.87. The van der Waals surface area contributed by atoms with Gasteiger partial charge in [-0.2, -0.15) is 0 Å². The number of alkyl halides is 1. The maximum Gasteiger partial charge on any atom is 0.257 e. The highest BCUT2D eigenvalue weighted by atomic mass is 19.2. The van der Waals surface area contributed by atoms with E-state index in [1.54, 1.807) is 7.05 Å². The minimum atomic E-state index is -1.86. The van der Waals surface area contributed by atoms with E-state index >= 15 is 0 Å². The molecule has 1 saturated heterocycles. The topological polar surface area (TPSA) is 65.4 Å². The van der Waals surface area contributed by atoms with Crippen molar-refractivity contribution in [2.45, 2.75) is 56.3 Å². The normalized spacial score (nSPS) is 33.6. The molecule has 3 rings (SSSR count). The summed E-state index contributed by atoms with van der Waals surface area (Å²) in [5, 5.41) is 10.9. The van der Waals surface area contributed by atoms with E-state index in [0.29, 0.717) is 12.3 Å². The highest BCUT2D eigenvalue weighted by molar-refractivity contribution is 6.07. The fraction of sp³-hybridized carbons (Fsp3) is 0.667. The van der Waals surface area contributed by atoms with Crippen LogP contribution in [0.4, 0.5) is 8.78 Å². The Morgan fingerprint density at radius 2 is 2.12 bits per heavy atom. The van der Waals surface area contributed by atoms with E-state index < -0.39 is 23.6 Å². The fourth-order valence-corrected chi connectivity index (χ4v) is 3.95. The minimum Gasteiger partial charge on any atom is -0.368 e. The molecule has 3 unspecified atom stereocenters. The number of hydrogen-bond donors (Lipinski definition) is 2. The number of nitrogens with one attached hydrogen (secondary N) is 2. The van der Waals surface area contributed by atoms with Gasteiger partial charge < -0.3 is 10.1 Å². The van der Waals surface area contributed by atoms with Crippen LogP contribution in [0.5, 0.6) is 0 Å². The largest absolute Gasteiger partial charge is 0.368 e. The van der Waals surface area contributed by atoms with E-state index in [2.05, 4.69) is 5.32 Å². The third-order valence-electron chi connectivity index (χ3n) is 5.40. The number of halogens is 2. The second-order valence-corrected chi connectivity index (χ2v) is 7.24. The molecule has 0 aromatic heterocycles. The molecule has 0 bridgehead atoms. The van der Waals surface area contributed by atoms with Crippen molar-refractivity contribution in [3.05, 3.63) is 24.1 Å². The van der Waals surface area contributed by atoms with Gasteiger partial charge in [-0.25, -0.2) is 8.78 Å². The average Bonchev–Trinajstić information content (AvgIpc) is 2.81. The molecular formula is C18H25F2N3O2. The van der Waals surface area contributed by atoms with Crippen LogP contribution in [0.3, 0.4) is 0 Å². The Hall–Kier alpha value is -1.76. The standard InChI is InChI=1S/C18H25F2N3O2/c1-23-16(24)18(22-17(23)21,10-12-6-3-2-4-7-12)11-25-14-9-5-8-13(19)15(14)20/h5,8-9,12,14-15H,2-4,6-7,10-11H2,1H3,(H2,21,22). The van der Waals surface area contributed by atoms with Crippen LogP contribution in [-0.2, 0) is 9.53 Å². The van der Waals surface area contributed by atoms with E-state index in [4.69, 9.17) is 10.1 Å². The molecule has 0 spiro atoms. The molecule has 25 heavy (non-hydrogen) atoms. The number of guanidine groups is 1. The second kappa shape index (κ2) is 7.23. The number of carbonyl (C=O) groups is 1. The summed E-state index contributed by atoms with van der Waals surface area (Å²) in [5.74, 6) is -0.724. The molecule has 1 amide bonds. The van der Waals surface area contributed by atoms with E-state index in [9.17, 15) is 13.6 Å². The maximum atomic E-state index is 14.0. The summed E-state index contributed by atoms with van der Waals surface area (Å²) in [6, 6.07) is 0. The van der Waals surface area contributed by atoms with Gasteiger partial charge in [-0.15, -0.1) is 0 Å². The smallest absolute Gasteiger partial charge is 0.257 e. The quantitative estimate of drug-likeness (QED) is 0.799. The molecule has 1 heterocycles. The van der Waals surface area contributed by atoms with Crippen molar-refractivity contribution in [2.24, 2.45) is 5.92 Å². The zero-order chi connectivity index (χ0) is 18.0. The second-order valence-electron chi connectivity index (χ2n) is 7.24. The first-order valence-electron chi connectivity index (χ1n) is 8.87. The number of likely N-dealkylation sites (N-methyl/N-ethyl adjacent to an activating group) is 1. The summed E-state index contributed by atoms with van der Waals surface area (Å²) in [7, 11) is 1.54. The molecule has 2 aliphatic carbocycles. The third-order valence-corrected chi connectivity index (χ3v) is 5.40. The van der Waals surface area contributed by atoms with Crippen molar-refractivity contribution in [3.8, 4) is 0 Å². The summed E-state index contributed by atoms with van der Waals surface area (Å²) in [6.07, 6.45) is 7.15. The number of carbonyl (C=O) groups excluding carboxylic acids is 1. The minimum absolute atomic E-state index is 0.0199. The predicted octanol–water partition coefficient (Wildman–Crippen LogP) is 2.84. The van der Waals surface area contributed by atoms with Crippen LogP contribution in [0.1, 0.15) is 38.5 Å². The summed E-state index contributed by atoms with van der Waals surface area (Å²) in [4.78, 5) is 14.0. The van der Waals surface area contributed by atoms with Crippen molar-refractivity contribution < 1.29 is 18.3 Å². The summed E-state index contributed by atoms with van der Waals surface area (Å²) in [5.41, 5.74) is -1.07. The van der Waals surface area contributed by atoms with Crippen LogP contribution in [0.2, 0.25) is 0 Å². The molecule has 0 aromatic carbocycles. The van der Waals surface area contributed by atoms with E-state index in [1.165, 1.54) is 23.5 Å². The van der Waals surface area contributed by atoms with E-state index in [1.807, 2.05) is 0 Å². The van der Waals surface area contributed by atoms with E-state index in [0.717, 1.165) is 31.8 Å². The lowest BCUT2D eigenvalue weighted by Crippen LogP contribution is -2.53. The average molecular weight is 353 g/mol. The van der Waals surface area contributed by atoms with Gasteiger partial charge in [-0.1, -0.05) is 44.3 Å². The molecule has 3 atom stereocenters. The number of ether oxygens (including phenoxy) is 1. The SMILES string of the molecule is CN1C(=N)NC(COC2C=CC=C(F)C2F)(CC2CCCCC2)C1=O. The Labute approximate surface area is 146 Å². The lowest BCUT2D eigenvalue weighted by molar-refractivity contribution is -0.134. The number of rotatable bonds is 5. The highest BCUT2D eigenvalue weighted by Crippen LogP contribution is 2.34. The van der Waals surface area contributed by atoms with Crippen LogP contribution in [0, 0.1) is 11.3 Å². The van der Waals surface area contributed by atoms with Crippen molar-refractivity contribution in [3.63, 3.8) is 0 Å². The molecular weight excluding hydrogens is 328 g/mol. The van der Waals surface area contributed by atoms with Crippen molar-refractivity contribution in [1.29, 1.82) is 5.41 Å². The van der Waals surface area contributed by atoms with Gasteiger partial charge in [0.1, 0.15) is 17.5 Å². The van der Waals surface area contributed by atoms with Gasteiger partial charge in [0, 0.05) is 7.05 Å². The molecule has 3 aliphatic rings. The summed E-state index contributed by atoms with van der Waals surface area (Å²) >= 11 is 0. The predicted molar refractivity (Wildman–Crippen MR) is 90.5 cm³/mol. The van der Waals surface area contributed by atoms with Crippen molar-refractivity contribution >= 4 is 11.9 Å². The van der Waals surface area contributed by atoms with Gasteiger partial charge in [0.2, 0.25) is 0 Å². The molecule has 2 N–H and O–H groups in total. The Balaban J connectivity index is 1.73. The Kier molecular flexibility index (Phi) is 5.22. The molecule has 1 saturated carbocycles. The lowest BCUT2D eigenvalue weighted by atomic mass is 9.79. The first-order chi connectivity index (χ1) is 11.9. The molecule has 138 valence electrons. The summed E-state index contributed by atoms with van der Waals surface area (Å²) < 4.78 is 33.0. The molecule has 0 radical (unpaired) electrons. The van der Waals surface area contributed by atoms with Crippen LogP contribution < -0.4 is 5.32 Å². The van der Waals surface area contributed by atoms with Crippen LogP contribution in [0.25, 0.3) is 0 Å². The summed E-state index contributed by atoms with van der Waals surface area (Å²) in [6.45, 7) is -0.0856. The molecule has 0 aromatic rings. The molecule has 5 nitrogen and oxygen atoms in total. The monoisotopic (exact) mass is 353 g/mol. The van der Waals surface area contributed by atoms with Gasteiger partial charge in [0.25, 0.3) is 5.91 Å². The molecule has 2 fully saturated rings. The van der Waals surface area contributed by atoms with Crippen LogP contribution in [-0.4, -0.2) is 48.2 Å². The van der Waals surface area contributed by atoms with Gasteiger partial charge in [0.15, 0.2) is 12.1 Å².